The van der Waals surface area contributed by atoms with Gasteiger partial charge in [0.15, 0.2) is 0 Å². The molecule has 1 aliphatic rings. The molecule has 0 N–H and O–H groups in total. The van der Waals surface area contributed by atoms with Crippen molar-refractivity contribution in [3.05, 3.63) is 11.6 Å². The second kappa shape index (κ2) is 3.72. The minimum Gasteiger partial charge on any atom is -0.466 e. The Morgan fingerprint density at radius 1 is 1.75 bits per heavy atom. The van der Waals surface area contributed by atoms with E-state index in [1.807, 2.05) is 0 Å². The molecule has 1 fully saturated rings. The molecule has 3 nitrogen and oxygen atoms in total. The van der Waals surface area contributed by atoms with Crippen molar-refractivity contribution in [2.75, 3.05) is 20.7 Å². The highest BCUT2D eigenvalue weighted by Crippen LogP contribution is 2.20. The Hall–Kier alpha value is -0.830. The zero-order chi connectivity index (χ0) is 9.14. The zero-order valence-electron chi connectivity index (χ0n) is 7.83. The monoisotopic (exact) mass is 169 g/mol. The number of likely N-dealkylation sites (tertiary alicyclic amines) is 1. The SMILES string of the molecule is COC(=O)/C=C1/CCN(C)C1C. The summed E-state index contributed by atoms with van der Waals surface area (Å²) in [6.07, 6.45) is 2.58. The van der Waals surface area contributed by atoms with Crippen LogP contribution in [0.15, 0.2) is 11.6 Å². The second-order valence-electron chi connectivity index (χ2n) is 3.15. The summed E-state index contributed by atoms with van der Waals surface area (Å²) in [5.41, 5.74) is 1.17. The molecule has 1 rings (SSSR count). The van der Waals surface area contributed by atoms with Gasteiger partial charge in [-0.05, 0) is 26.0 Å². The molecule has 0 aromatic heterocycles. The molecule has 1 unspecified atom stereocenters. The van der Waals surface area contributed by atoms with Crippen LogP contribution in [-0.4, -0.2) is 37.6 Å². The Morgan fingerprint density at radius 2 is 2.42 bits per heavy atom. The molecule has 1 saturated heterocycles. The number of ether oxygens (including phenoxy) is 1. The molecule has 0 radical (unpaired) electrons. The maximum Gasteiger partial charge on any atom is 0.330 e. The number of nitrogens with zero attached hydrogens (tertiary/aromatic N) is 1. The third-order valence-corrected chi connectivity index (χ3v) is 2.46. The summed E-state index contributed by atoms with van der Waals surface area (Å²) in [7, 11) is 3.46. The van der Waals surface area contributed by atoms with E-state index in [2.05, 4.69) is 23.6 Å². The van der Waals surface area contributed by atoms with Crippen molar-refractivity contribution >= 4 is 5.97 Å². The molecule has 0 amide bonds. The molecule has 1 aliphatic heterocycles. The third kappa shape index (κ3) is 1.85. The standard InChI is InChI=1S/C9H15NO2/c1-7-8(4-5-10(7)2)6-9(11)12-3/h6-7H,4-5H2,1-3H3/b8-6-. The van der Waals surface area contributed by atoms with E-state index < -0.39 is 0 Å². The zero-order valence-corrected chi connectivity index (χ0v) is 7.83. The van der Waals surface area contributed by atoms with Gasteiger partial charge < -0.3 is 4.74 Å². The maximum absolute atomic E-state index is 10.9. The lowest BCUT2D eigenvalue weighted by Gasteiger charge is -2.14. The van der Waals surface area contributed by atoms with Crippen LogP contribution < -0.4 is 0 Å². The number of hydrogen-bond donors (Lipinski definition) is 0. The highest BCUT2D eigenvalue weighted by Gasteiger charge is 2.22. The minimum absolute atomic E-state index is 0.243. The van der Waals surface area contributed by atoms with Crippen LogP contribution >= 0.6 is 0 Å². The van der Waals surface area contributed by atoms with Gasteiger partial charge >= 0.3 is 5.97 Å². The van der Waals surface area contributed by atoms with Crippen molar-refractivity contribution in [2.45, 2.75) is 19.4 Å². The van der Waals surface area contributed by atoms with Crippen LogP contribution in [0.5, 0.6) is 0 Å². The van der Waals surface area contributed by atoms with Crippen LogP contribution in [0.3, 0.4) is 0 Å². The fourth-order valence-corrected chi connectivity index (χ4v) is 1.39. The average Bonchev–Trinajstić information content (AvgIpc) is 2.36. The predicted octanol–water partition coefficient (Wildman–Crippen LogP) is 0.810. The van der Waals surface area contributed by atoms with Crippen molar-refractivity contribution in [2.24, 2.45) is 0 Å². The first kappa shape index (κ1) is 9.26. The second-order valence-corrected chi connectivity index (χ2v) is 3.15. The first-order chi connectivity index (χ1) is 5.65. The van der Waals surface area contributed by atoms with Gasteiger partial charge in [-0.25, -0.2) is 4.79 Å². The fourth-order valence-electron chi connectivity index (χ4n) is 1.39. The number of rotatable bonds is 1. The van der Waals surface area contributed by atoms with Crippen molar-refractivity contribution in [3.63, 3.8) is 0 Å². The normalized spacial score (nSPS) is 27.9. The maximum atomic E-state index is 10.9. The molecule has 0 saturated carbocycles. The number of esters is 1. The summed E-state index contributed by atoms with van der Waals surface area (Å²) in [4.78, 5) is 13.1. The van der Waals surface area contributed by atoms with Crippen molar-refractivity contribution in [1.82, 2.24) is 4.90 Å². The van der Waals surface area contributed by atoms with E-state index >= 15 is 0 Å². The average molecular weight is 169 g/mol. The quantitative estimate of drug-likeness (QED) is 0.430. The van der Waals surface area contributed by atoms with E-state index in [1.165, 1.54) is 12.7 Å². The van der Waals surface area contributed by atoms with E-state index in [0.29, 0.717) is 6.04 Å². The van der Waals surface area contributed by atoms with E-state index in [-0.39, 0.29) is 5.97 Å². The van der Waals surface area contributed by atoms with Gasteiger partial charge in [0.05, 0.1) is 7.11 Å². The molecule has 0 aromatic carbocycles. The largest absolute Gasteiger partial charge is 0.466 e. The molecular weight excluding hydrogens is 154 g/mol. The lowest BCUT2D eigenvalue weighted by atomic mass is 10.1. The Morgan fingerprint density at radius 3 is 2.83 bits per heavy atom. The molecule has 0 spiro atoms. The molecule has 0 aromatic rings. The van der Waals surface area contributed by atoms with Gasteiger partial charge in [0, 0.05) is 18.7 Å². The van der Waals surface area contributed by atoms with Crippen LogP contribution in [-0.2, 0) is 9.53 Å². The number of methoxy groups -OCH3 is 1. The van der Waals surface area contributed by atoms with Gasteiger partial charge in [0.25, 0.3) is 0 Å². The Balaban J connectivity index is 2.64. The van der Waals surface area contributed by atoms with Gasteiger partial charge in [-0.2, -0.15) is 0 Å². The van der Waals surface area contributed by atoms with Crippen LogP contribution in [0.1, 0.15) is 13.3 Å². The lowest BCUT2D eigenvalue weighted by molar-refractivity contribution is -0.134. The molecule has 0 bridgehead atoms. The van der Waals surface area contributed by atoms with E-state index in [9.17, 15) is 4.79 Å². The topological polar surface area (TPSA) is 29.5 Å². The highest BCUT2D eigenvalue weighted by atomic mass is 16.5. The number of hydrogen-bond acceptors (Lipinski definition) is 3. The fraction of sp³-hybridized carbons (Fsp3) is 0.667. The summed E-state index contributed by atoms with van der Waals surface area (Å²) in [5.74, 6) is -0.243. The predicted molar refractivity (Wildman–Crippen MR) is 46.8 cm³/mol. The third-order valence-electron chi connectivity index (χ3n) is 2.46. The molecule has 1 atom stereocenters. The molecule has 12 heavy (non-hydrogen) atoms. The number of carbonyl (C=O) groups excluding carboxylic acids is 1. The molecule has 3 heteroatoms. The Bertz CT molecular complexity index is 211. The summed E-state index contributed by atoms with van der Waals surface area (Å²) >= 11 is 0. The van der Waals surface area contributed by atoms with E-state index in [4.69, 9.17) is 0 Å². The Labute approximate surface area is 73.0 Å². The minimum atomic E-state index is -0.243. The summed E-state index contributed by atoms with van der Waals surface area (Å²) < 4.78 is 4.56. The van der Waals surface area contributed by atoms with E-state index in [1.54, 1.807) is 6.08 Å². The van der Waals surface area contributed by atoms with Crippen LogP contribution in [0.2, 0.25) is 0 Å². The van der Waals surface area contributed by atoms with Gasteiger partial charge in [-0.15, -0.1) is 0 Å². The molecule has 0 aliphatic carbocycles. The van der Waals surface area contributed by atoms with Crippen molar-refractivity contribution in [3.8, 4) is 0 Å². The van der Waals surface area contributed by atoms with Crippen molar-refractivity contribution < 1.29 is 9.53 Å². The van der Waals surface area contributed by atoms with Gasteiger partial charge in [-0.3, -0.25) is 4.90 Å². The van der Waals surface area contributed by atoms with Crippen LogP contribution in [0, 0.1) is 0 Å². The first-order valence-corrected chi connectivity index (χ1v) is 4.14. The smallest absolute Gasteiger partial charge is 0.330 e. The number of carbonyl (C=O) groups is 1. The summed E-state index contributed by atoms with van der Waals surface area (Å²) in [6, 6.07) is 0.379. The molecular formula is C9H15NO2. The summed E-state index contributed by atoms with van der Waals surface area (Å²) in [6.45, 7) is 3.13. The first-order valence-electron chi connectivity index (χ1n) is 4.14. The molecule has 1 heterocycles. The summed E-state index contributed by atoms with van der Waals surface area (Å²) in [5, 5.41) is 0. The van der Waals surface area contributed by atoms with Crippen molar-refractivity contribution in [1.29, 1.82) is 0 Å². The van der Waals surface area contributed by atoms with Gasteiger partial charge in [-0.1, -0.05) is 0 Å². The number of likely N-dealkylation sites (N-methyl/N-ethyl adjacent to an activating group) is 1. The van der Waals surface area contributed by atoms with Crippen LogP contribution in [0.25, 0.3) is 0 Å². The van der Waals surface area contributed by atoms with Gasteiger partial charge in [0.1, 0.15) is 0 Å². The van der Waals surface area contributed by atoms with Crippen LogP contribution in [0.4, 0.5) is 0 Å². The molecule has 68 valence electrons. The lowest BCUT2D eigenvalue weighted by Crippen LogP contribution is -2.22. The Kier molecular flexibility index (Phi) is 2.87. The highest BCUT2D eigenvalue weighted by molar-refractivity contribution is 5.82. The van der Waals surface area contributed by atoms with Gasteiger partial charge in [0.2, 0.25) is 0 Å². The van der Waals surface area contributed by atoms with E-state index in [0.717, 1.165) is 13.0 Å².